The van der Waals surface area contributed by atoms with Crippen LogP contribution in [0.15, 0.2) is 28.7 Å². The van der Waals surface area contributed by atoms with Gasteiger partial charge in [0.2, 0.25) is 5.76 Å². The standard InChI is InChI=1S/C16H21NO3S/c1-21-8-4-2-3-7-17-11-12-5-6-14-13(9-12)10-15(20-14)16(18)19/h5-6,9-10,17H,2-4,7-8,11H2,1H3,(H,18,19). The molecule has 0 atom stereocenters. The van der Waals surface area contributed by atoms with E-state index >= 15 is 0 Å². The number of thioether (sulfide) groups is 1. The van der Waals surface area contributed by atoms with Crippen LogP contribution in [0.4, 0.5) is 0 Å². The number of unbranched alkanes of at least 4 members (excludes halogenated alkanes) is 2. The third-order valence-electron chi connectivity index (χ3n) is 3.32. The van der Waals surface area contributed by atoms with Gasteiger partial charge in [0.25, 0.3) is 0 Å². The van der Waals surface area contributed by atoms with Gasteiger partial charge in [0, 0.05) is 11.9 Å². The van der Waals surface area contributed by atoms with Crippen molar-refractivity contribution in [1.82, 2.24) is 5.32 Å². The van der Waals surface area contributed by atoms with Gasteiger partial charge in [-0.2, -0.15) is 11.8 Å². The molecule has 0 fully saturated rings. The number of aromatic carboxylic acids is 1. The zero-order chi connectivity index (χ0) is 15.1. The van der Waals surface area contributed by atoms with Crippen LogP contribution in [0.1, 0.15) is 35.4 Å². The number of carboxylic acids is 1. The predicted molar refractivity (Wildman–Crippen MR) is 87.1 cm³/mol. The largest absolute Gasteiger partial charge is 0.475 e. The van der Waals surface area contributed by atoms with Crippen molar-refractivity contribution in [3.63, 3.8) is 0 Å². The highest BCUT2D eigenvalue weighted by Crippen LogP contribution is 2.20. The summed E-state index contributed by atoms with van der Waals surface area (Å²) in [6.07, 6.45) is 5.87. The van der Waals surface area contributed by atoms with Gasteiger partial charge in [-0.3, -0.25) is 0 Å². The quantitative estimate of drug-likeness (QED) is 0.691. The Morgan fingerprint density at radius 2 is 2.14 bits per heavy atom. The van der Waals surface area contributed by atoms with E-state index in [4.69, 9.17) is 9.52 Å². The van der Waals surface area contributed by atoms with Crippen LogP contribution in [0.3, 0.4) is 0 Å². The number of benzene rings is 1. The Kier molecular flexibility index (Phi) is 6.14. The molecule has 0 aliphatic rings. The molecule has 1 aromatic heterocycles. The van der Waals surface area contributed by atoms with Crippen LogP contribution in [0.2, 0.25) is 0 Å². The smallest absolute Gasteiger partial charge is 0.371 e. The van der Waals surface area contributed by atoms with Crippen LogP contribution >= 0.6 is 11.8 Å². The zero-order valence-corrected chi connectivity index (χ0v) is 13.0. The van der Waals surface area contributed by atoms with Gasteiger partial charge in [0.05, 0.1) is 0 Å². The summed E-state index contributed by atoms with van der Waals surface area (Å²) in [5.41, 5.74) is 1.76. The molecular weight excluding hydrogens is 286 g/mol. The number of furan rings is 1. The fourth-order valence-electron chi connectivity index (χ4n) is 2.21. The number of hydrogen-bond donors (Lipinski definition) is 2. The molecule has 0 radical (unpaired) electrons. The lowest BCUT2D eigenvalue weighted by Gasteiger charge is -2.05. The molecule has 0 saturated heterocycles. The maximum absolute atomic E-state index is 10.9. The summed E-state index contributed by atoms with van der Waals surface area (Å²) >= 11 is 1.90. The fourth-order valence-corrected chi connectivity index (χ4v) is 2.71. The summed E-state index contributed by atoms with van der Waals surface area (Å²) in [7, 11) is 0. The maximum atomic E-state index is 10.9. The van der Waals surface area contributed by atoms with E-state index in [0.717, 1.165) is 24.0 Å². The van der Waals surface area contributed by atoms with E-state index in [9.17, 15) is 4.79 Å². The van der Waals surface area contributed by atoms with Crippen molar-refractivity contribution < 1.29 is 14.3 Å². The van der Waals surface area contributed by atoms with Gasteiger partial charge in [-0.25, -0.2) is 4.79 Å². The molecule has 0 spiro atoms. The SMILES string of the molecule is CSCCCCCNCc1ccc2oc(C(=O)O)cc2c1. The zero-order valence-electron chi connectivity index (χ0n) is 12.2. The van der Waals surface area contributed by atoms with E-state index in [1.165, 1.54) is 25.0 Å². The number of nitrogens with one attached hydrogen (secondary N) is 1. The first-order valence-electron chi connectivity index (χ1n) is 7.16. The lowest BCUT2D eigenvalue weighted by Crippen LogP contribution is -2.14. The molecule has 0 saturated carbocycles. The van der Waals surface area contributed by atoms with Crippen molar-refractivity contribution in [2.24, 2.45) is 0 Å². The average Bonchev–Trinajstić information content (AvgIpc) is 2.90. The molecular formula is C16H21NO3S. The summed E-state index contributed by atoms with van der Waals surface area (Å²) in [6.45, 7) is 1.81. The van der Waals surface area contributed by atoms with Crippen LogP contribution in [0.25, 0.3) is 11.0 Å². The monoisotopic (exact) mass is 307 g/mol. The highest BCUT2D eigenvalue weighted by atomic mass is 32.2. The normalized spacial score (nSPS) is 11.1. The van der Waals surface area contributed by atoms with Crippen molar-refractivity contribution in [2.75, 3.05) is 18.6 Å². The minimum Gasteiger partial charge on any atom is -0.475 e. The van der Waals surface area contributed by atoms with Crippen LogP contribution < -0.4 is 5.32 Å². The highest BCUT2D eigenvalue weighted by molar-refractivity contribution is 7.98. The van der Waals surface area contributed by atoms with Gasteiger partial charge in [-0.05, 0) is 55.2 Å². The van der Waals surface area contributed by atoms with E-state index in [0.29, 0.717) is 5.58 Å². The molecule has 0 aliphatic carbocycles. The van der Waals surface area contributed by atoms with Gasteiger partial charge in [0.15, 0.2) is 0 Å². The highest BCUT2D eigenvalue weighted by Gasteiger charge is 2.10. The first-order chi connectivity index (χ1) is 10.2. The molecule has 0 unspecified atom stereocenters. The van der Waals surface area contributed by atoms with Crippen molar-refractivity contribution in [3.05, 3.63) is 35.6 Å². The molecule has 2 N–H and O–H groups in total. The van der Waals surface area contributed by atoms with Crippen molar-refractivity contribution in [3.8, 4) is 0 Å². The molecule has 0 amide bonds. The number of hydrogen-bond acceptors (Lipinski definition) is 4. The molecule has 4 nitrogen and oxygen atoms in total. The van der Waals surface area contributed by atoms with Crippen molar-refractivity contribution >= 4 is 28.7 Å². The van der Waals surface area contributed by atoms with E-state index < -0.39 is 5.97 Å². The lowest BCUT2D eigenvalue weighted by molar-refractivity contribution is 0.0665. The minimum atomic E-state index is -1.03. The summed E-state index contributed by atoms with van der Waals surface area (Å²) in [5.74, 6) is 0.198. The molecule has 2 rings (SSSR count). The van der Waals surface area contributed by atoms with E-state index in [-0.39, 0.29) is 5.76 Å². The predicted octanol–water partition coefficient (Wildman–Crippen LogP) is 3.75. The molecule has 1 aromatic carbocycles. The van der Waals surface area contributed by atoms with Gasteiger partial charge in [-0.1, -0.05) is 12.5 Å². The Morgan fingerprint density at radius 3 is 2.90 bits per heavy atom. The van der Waals surface area contributed by atoms with Gasteiger partial charge in [0.1, 0.15) is 5.58 Å². The molecule has 114 valence electrons. The summed E-state index contributed by atoms with van der Waals surface area (Å²) < 4.78 is 5.24. The Morgan fingerprint density at radius 1 is 1.29 bits per heavy atom. The molecule has 0 bridgehead atoms. The van der Waals surface area contributed by atoms with Crippen molar-refractivity contribution in [2.45, 2.75) is 25.8 Å². The summed E-state index contributed by atoms with van der Waals surface area (Å²) in [4.78, 5) is 10.9. The second-order valence-electron chi connectivity index (χ2n) is 5.02. The molecule has 0 aliphatic heterocycles. The van der Waals surface area contributed by atoms with Crippen LogP contribution in [-0.4, -0.2) is 29.6 Å². The second kappa shape index (κ2) is 8.10. The Balaban J connectivity index is 1.81. The van der Waals surface area contributed by atoms with Gasteiger partial charge >= 0.3 is 5.97 Å². The third kappa shape index (κ3) is 4.79. The Hall–Kier alpha value is -1.46. The molecule has 21 heavy (non-hydrogen) atoms. The van der Waals surface area contributed by atoms with Crippen LogP contribution in [0, 0.1) is 0 Å². The lowest BCUT2D eigenvalue weighted by atomic mass is 10.1. The molecule has 5 heteroatoms. The number of carboxylic acid groups (broad SMARTS) is 1. The minimum absolute atomic E-state index is 0.0103. The van der Waals surface area contributed by atoms with E-state index in [1.807, 2.05) is 30.0 Å². The van der Waals surface area contributed by atoms with Crippen molar-refractivity contribution in [1.29, 1.82) is 0 Å². The summed E-state index contributed by atoms with van der Waals surface area (Å²) in [6, 6.07) is 7.35. The van der Waals surface area contributed by atoms with Crippen LogP contribution in [-0.2, 0) is 6.54 Å². The van der Waals surface area contributed by atoms with E-state index in [1.54, 1.807) is 6.07 Å². The van der Waals surface area contributed by atoms with Gasteiger partial charge < -0.3 is 14.8 Å². The molecule has 1 heterocycles. The second-order valence-corrected chi connectivity index (χ2v) is 6.00. The number of carbonyl (C=O) groups is 1. The first-order valence-corrected chi connectivity index (χ1v) is 8.55. The Bertz CT molecular complexity index is 594. The molecule has 2 aromatic rings. The van der Waals surface area contributed by atoms with Gasteiger partial charge in [-0.15, -0.1) is 0 Å². The maximum Gasteiger partial charge on any atom is 0.371 e. The third-order valence-corrected chi connectivity index (χ3v) is 4.02. The first kappa shape index (κ1) is 15.9. The number of fused-ring (bicyclic) bond motifs is 1. The summed E-state index contributed by atoms with van der Waals surface area (Å²) in [5, 5.41) is 13.2. The Labute approximate surface area is 128 Å². The van der Waals surface area contributed by atoms with Crippen LogP contribution in [0.5, 0.6) is 0 Å². The van der Waals surface area contributed by atoms with E-state index in [2.05, 4.69) is 11.6 Å². The number of rotatable bonds is 9. The fraction of sp³-hybridized carbons (Fsp3) is 0.438. The average molecular weight is 307 g/mol. The topological polar surface area (TPSA) is 62.5 Å².